The molecule has 19 heavy (non-hydrogen) atoms. The van der Waals surface area contributed by atoms with Crippen LogP contribution in [0.1, 0.15) is 53.9 Å². The lowest BCUT2D eigenvalue weighted by molar-refractivity contribution is 0.107. The zero-order valence-corrected chi connectivity index (χ0v) is 14.9. The molecule has 0 rings (SSSR count). The molecule has 112 valence electrons. The monoisotopic (exact) mass is 284 g/mol. The second-order valence-corrected chi connectivity index (χ2v) is 11.1. The van der Waals surface area contributed by atoms with Gasteiger partial charge in [-0.05, 0) is 31.5 Å². The largest absolute Gasteiger partial charge is 0.519 e. The Balaban J connectivity index is 4.65. The van der Waals surface area contributed by atoms with Gasteiger partial charge in [-0.25, -0.2) is 0 Å². The predicted molar refractivity (Wildman–Crippen MR) is 86.7 cm³/mol. The minimum absolute atomic E-state index is 0.190. The van der Waals surface area contributed by atoms with E-state index in [4.69, 9.17) is 9.16 Å². The molecular weight excluding hydrogens is 252 g/mol. The second-order valence-electron chi connectivity index (χ2n) is 6.35. The SMILES string of the molecule is CCCC/C=C/C=C(/OCC)O[Si](C)(C)C(C)(C)C. The van der Waals surface area contributed by atoms with E-state index < -0.39 is 8.32 Å². The molecule has 3 heteroatoms. The summed E-state index contributed by atoms with van der Waals surface area (Å²) >= 11 is 0. The third-order valence-corrected chi connectivity index (χ3v) is 7.87. The van der Waals surface area contributed by atoms with Crippen LogP contribution in [0.25, 0.3) is 0 Å². The van der Waals surface area contributed by atoms with Gasteiger partial charge in [-0.15, -0.1) is 0 Å². The zero-order chi connectivity index (χ0) is 14.9. The van der Waals surface area contributed by atoms with Gasteiger partial charge >= 0.3 is 0 Å². The Morgan fingerprint density at radius 2 is 1.79 bits per heavy atom. The lowest BCUT2D eigenvalue weighted by atomic mass is 10.2. The van der Waals surface area contributed by atoms with Gasteiger partial charge < -0.3 is 9.16 Å². The fourth-order valence-corrected chi connectivity index (χ4v) is 2.16. The summed E-state index contributed by atoms with van der Waals surface area (Å²) in [5.41, 5.74) is 0. The van der Waals surface area contributed by atoms with Gasteiger partial charge in [0.1, 0.15) is 0 Å². The van der Waals surface area contributed by atoms with E-state index in [9.17, 15) is 0 Å². The number of unbranched alkanes of at least 4 members (excludes halogenated alkanes) is 2. The molecule has 0 bridgehead atoms. The normalized spacial score (nSPS) is 13.9. The molecule has 0 fully saturated rings. The van der Waals surface area contributed by atoms with Crippen molar-refractivity contribution in [3.63, 3.8) is 0 Å². The van der Waals surface area contributed by atoms with Crippen molar-refractivity contribution in [1.29, 1.82) is 0 Å². The Labute approximate surface area is 121 Å². The van der Waals surface area contributed by atoms with Crippen molar-refractivity contribution >= 4 is 8.32 Å². The average molecular weight is 285 g/mol. The maximum atomic E-state index is 6.18. The molecule has 0 atom stereocenters. The van der Waals surface area contributed by atoms with E-state index >= 15 is 0 Å². The standard InChI is InChI=1S/C16H32O2Si/c1-8-10-11-12-13-14-15(17-9-2)18-19(6,7)16(3,4)5/h12-14H,8-11H2,1-7H3/b13-12+,15-14-. The minimum atomic E-state index is -1.81. The molecule has 0 radical (unpaired) electrons. The van der Waals surface area contributed by atoms with Gasteiger partial charge in [0.15, 0.2) is 0 Å². The van der Waals surface area contributed by atoms with Crippen LogP contribution in [0.4, 0.5) is 0 Å². The van der Waals surface area contributed by atoms with E-state index in [0.717, 1.165) is 6.42 Å². The van der Waals surface area contributed by atoms with Crippen molar-refractivity contribution in [3.05, 3.63) is 24.2 Å². The predicted octanol–water partition coefficient (Wildman–Crippen LogP) is 5.63. The summed E-state index contributed by atoms with van der Waals surface area (Å²) < 4.78 is 11.8. The molecule has 0 aliphatic carbocycles. The second kappa shape index (κ2) is 8.46. The molecule has 0 N–H and O–H groups in total. The first-order chi connectivity index (χ1) is 8.74. The summed E-state index contributed by atoms with van der Waals surface area (Å²) in [7, 11) is -1.81. The molecule has 0 aromatic carbocycles. The molecule has 0 unspecified atom stereocenters. The van der Waals surface area contributed by atoms with Gasteiger partial charge in [-0.3, -0.25) is 0 Å². The van der Waals surface area contributed by atoms with Crippen LogP contribution >= 0.6 is 0 Å². The molecule has 0 aromatic rings. The summed E-state index contributed by atoms with van der Waals surface area (Å²) in [6.45, 7) is 16.0. The first kappa shape index (κ1) is 18.3. The number of rotatable bonds is 8. The minimum Gasteiger partial charge on any atom is -0.519 e. The topological polar surface area (TPSA) is 18.5 Å². The summed E-state index contributed by atoms with van der Waals surface area (Å²) in [4.78, 5) is 0. The fraction of sp³-hybridized carbons (Fsp3) is 0.750. The van der Waals surface area contributed by atoms with Gasteiger partial charge in [-0.1, -0.05) is 52.7 Å². The van der Waals surface area contributed by atoms with Crippen LogP contribution in [0.15, 0.2) is 24.2 Å². The van der Waals surface area contributed by atoms with Crippen molar-refractivity contribution in [1.82, 2.24) is 0 Å². The maximum absolute atomic E-state index is 6.18. The Kier molecular flexibility index (Phi) is 8.15. The molecule has 0 aromatic heterocycles. The van der Waals surface area contributed by atoms with E-state index in [1.54, 1.807) is 0 Å². The Morgan fingerprint density at radius 3 is 2.26 bits per heavy atom. The Hall–Kier alpha value is -0.703. The van der Waals surface area contributed by atoms with E-state index in [2.05, 4.69) is 46.9 Å². The van der Waals surface area contributed by atoms with E-state index in [0.29, 0.717) is 12.6 Å². The van der Waals surface area contributed by atoms with E-state index in [1.165, 1.54) is 12.8 Å². The number of allylic oxidation sites excluding steroid dienone is 3. The Morgan fingerprint density at radius 1 is 1.16 bits per heavy atom. The maximum Gasteiger partial charge on any atom is 0.265 e. The van der Waals surface area contributed by atoms with Gasteiger partial charge in [0.2, 0.25) is 0 Å². The summed E-state index contributed by atoms with van der Waals surface area (Å²) in [5.74, 6) is 0.668. The zero-order valence-electron chi connectivity index (χ0n) is 13.9. The Bertz CT molecular complexity index is 298. The molecule has 0 spiro atoms. The van der Waals surface area contributed by atoms with Crippen molar-refractivity contribution in [3.8, 4) is 0 Å². The van der Waals surface area contributed by atoms with Crippen LogP contribution in [0.2, 0.25) is 18.1 Å². The molecule has 0 saturated heterocycles. The van der Waals surface area contributed by atoms with Crippen molar-refractivity contribution in [2.45, 2.75) is 72.0 Å². The van der Waals surface area contributed by atoms with Crippen LogP contribution < -0.4 is 0 Å². The number of ether oxygens (including phenoxy) is 1. The van der Waals surface area contributed by atoms with Gasteiger partial charge in [0.25, 0.3) is 14.3 Å². The highest BCUT2D eigenvalue weighted by atomic mass is 28.4. The average Bonchev–Trinajstić information content (AvgIpc) is 2.27. The van der Waals surface area contributed by atoms with Gasteiger partial charge in [-0.2, -0.15) is 0 Å². The van der Waals surface area contributed by atoms with Crippen LogP contribution in [-0.4, -0.2) is 14.9 Å². The molecule has 0 amide bonds. The molecule has 0 aliphatic heterocycles. The first-order valence-corrected chi connectivity index (χ1v) is 10.3. The summed E-state index contributed by atoms with van der Waals surface area (Å²) in [5, 5.41) is 0.190. The van der Waals surface area contributed by atoms with Gasteiger partial charge in [0, 0.05) is 6.08 Å². The van der Waals surface area contributed by atoms with Crippen molar-refractivity contribution < 1.29 is 9.16 Å². The highest BCUT2D eigenvalue weighted by Crippen LogP contribution is 2.37. The third kappa shape index (κ3) is 7.46. The highest BCUT2D eigenvalue weighted by Gasteiger charge is 2.39. The van der Waals surface area contributed by atoms with E-state index in [-0.39, 0.29) is 5.04 Å². The summed E-state index contributed by atoms with van der Waals surface area (Å²) in [6.07, 6.45) is 9.77. The third-order valence-electron chi connectivity index (χ3n) is 3.54. The van der Waals surface area contributed by atoms with Gasteiger partial charge in [0.05, 0.1) is 6.61 Å². The lowest BCUT2D eigenvalue weighted by Crippen LogP contribution is -2.40. The molecule has 0 heterocycles. The number of hydrogen-bond acceptors (Lipinski definition) is 2. The molecule has 0 aliphatic rings. The first-order valence-electron chi connectivity index (χ1n) is 7.43. The van der Waals surface area contributed by atoms with Crippen LogP contribution in [-0.2, 0) is 9.16 Å². The molecular formula is C16H32O2Si. The van der Waals surface area contributed by atoms with E-state index in [1.807, 2.05) is 19.1 Å². The molecule has 0 saturated carbocycles. The van der Waals surface area contributed by atoms with Crippen LogP contribution in [0.5, 0.6) is 0 Å². The summed E-state index contributed by atoms with van der Waals surface area (Å²) in [6, 6.07) is 0. The smallest absolute Gasteiger partial charge is 0.265 e. The van der Waals surface area contributed by atoms with Crippen LogP contribution in [0.3, 0.4) is 0 Å². The van der Waals surface area contributed by atoms with Crippen LogP contribution in [0, 0.1) is 0 Å². The molecule has 2 nitrogen and oxygen atoms in total. The highest BCUT2D eigenvalue weighted by molar-refractivity contribution is 6.74. The van der Waals surface area contributed by atoms with Crippen molar-refractivity contribution in [2.24, 2.45) is 0 Å². The quantitative estimate of drug-likeness (QED) is 0.249. The lowest BCUT2D eigenvalue weighted by Gasteiger charge is -2.36. The fourth-order valence-electron chi connectivity index (χ4n) is 1.22. The number of hydrogen-bond donors (Lipinski definition) is 0. The van der Waals surface area contributed by atoms with Crippen molar-refractivity contribution in [2.75, 3.05) is 6.61 Å².